The zero-order chi connectivity index (χ0) is 17.3. The fourth-order valence-corrected chi connectivity index (χ4v) is 3.69. The quantitative estimate of drug-likeness (QED) is 0.746. The molecule has 23 heavy (non-hydrogen) atoms. The van der Waals surface area contributed by atoms with E-state index >= 15 is 0 Å². The van der Waals surface area contributed by atoms with Crippen molar-refractivity contribution >= 4 is 8.32 Å². The molecule has 0 spiro atoms. The molecule has 0 N–H and O–H groups in total. The lowest BCUT2D eigenvalue weighted by molar-refractivity contribution is 0.232. The fraction of sp³-hybridized carbons (Fsp3) is 0.611. The van der Waals surface area contributed by atoms with Crippen molar-refractivity contribution in [1.29, 1.82) is 5.26 Å². The third kappa shape index (κ3) is 4.13. The van der Waals surface area contributed by atoms with Crippen molar-refractivity contribution in [3.63, 3.8) is 0 Å². The number of fused-ring (bicyclic) bond motifs is 1. The monoisotopic (exact) mass is 335 g/mol. The molecule has 1 aromatic rings. The predicted molar refractivity (Wildman–Crippen MR) is 91.6 cm³/mol. The van der Waals surface area contributed by atoms with E-state index in [0.29, 0.717) is 24.7 Å². The second kappa shape index (κ2) is 6.62. The molecule has 5 heteroatoms. The molecule has 1 atom stereocenters. The first kappa shape index (κ1) is 18.0. The van der Waals surface area contributed by atoms with Gasteiger partial charge in [0.05, 0.1) is 0 Å². The van der Waals surface area contributed by atoms with Crippen molar-refractivity contribution in [1.82, 2.24) is 0 Å². The van der Waals surface area contributed by atoms with Gasteiger partial charge in [-0.3, -0.25) is 0 Å². The van der Waals surface area contributed by atoms with Crippen molar-refractivity contribution in [2.75, 3.05) is 13.2 Å². The first-order valence-corrected chi connectivity index (χ1v) is 11.0. The maximum absolute atomic E-state index is 14.2. The Labute approximate surface area is 139 Å². The molecule has 0 saturated carbocycles. The van der Waals surface area contributed by atoms with Gasteiger partial charge in [0, 0.05) is 12.7 Å². The summed E-state index contributed by atoms with van der Waals surface area (Å²) in [6.45, 7) is 11.8. The highest BCUT2D eigenvalue weighted by Crippen LogP contribution is 2.38. The third-order valence-corrected chi connectivity index (χ3v) is 9.55. The van der Waals surface area contributed by atoms with Crippen LogP contribution in [0.25, 0.3) is 0 Å². The summed E-state index contributed by atoms with van der Waals surface area (Å²) in [7, 11) is -1.77. The number of nitrogens with zero attached hydrogens (tertiary/aromatic N) is 1. The lowest BCUT2D eigenvalue weighted by Crippen LogP contribution is -2.42. The molecule has 0 saturated heterocycles. The van der Waals surface area contributed by atoms with Gasteiger partial charge in [0.2, 0.25) is 0 Å². The SMILES string of the molecule is CC(C)(C)[Si](C)(C)OCC1Cc2cc(OCC#N)cc(F)c2C1. The average molecular weight is 335 g/mol. The van der Waals surface area contributed by atoms with E-state index in [0.717, 1.165) is 17.5 Å². The Hall–Kier alpha value is -1.38. The van der Waals surface area contributed by atoms with E-state index in [-0.39, 0.29) is 17.5 Å². The number of nitriles is 1. The van der Waals surface area contributed by atoms with Gasteiger partial charge in [-0.1, -0.05) is 20.8 Å². The van der Waals surface area contributed by atoms with Crippen LogP contribution in [-0.4, -0.2) is 21.5 Å². The molecule has 0 aromatic heterocycles. The van der Waals surface area contributed by atoms with Gasteiger partial charge in [-0.15, -0.1) is 0 Å². The van der Waals surface area contributed by atoms with Crippen LogP contribution in [0, 0.1) is 23.1 Å². The predicted octanol–water partition coefficient (Wildman–Crippen LogP) is 4.46. The first-order chi connectivity index (χ1) is 10.6. The Morgan fingerprint density at radius 1 is 1.30 bits per heavy atom. The maximum atomic E-state index is 14.2. The second-order valence-corrected chi connectivity index (χ2v) is 12.6. The van der Waals surface area contributed by atoms with Crippen LogP contribution in [-0.2, 0) is 17.3 Å². The Morgan fingerprint density at radius 2 is 2.00 bits per heavy atom. The van der Waals surface area contributed by atoms with Crippen LogP contribution in [0.1, 0.15) is 31.9 Å². The van der Waals surface area contributed by atoms with Gasteiger partial charge < -0.3 is 9.16 Å². The summed E-state index contributed by atoms with van der Waals surface area (Å²) in [5.41, 5.74) is 1.76. The largest absolute Gasteiger partial charge is 0.479 e. The van der Waals surface area contributed by atoms with Crippen molar-refractivity contribution in [3.05, 3.63) is 29.1 Å². The summed E-state index contributed by atoms with van der Waals surface area (Å²) >= 11 is 0. The number of ether oxygens (including phenoxy) is 1. The van der Waals surface area contributed by atoms with E-state index in [2.05, 4.69) is 33.9 Å². The van der Waals surface area contributed by atoms with Gasteiger partial charge in [-0.2, -0.15) is 5.26 Å². The topological polar surface area (TPSA) is 42.2 Å². The normalized spacial score (nSPS) is 17.7. The van der Waals surface area contributed by atoms with Gasteiger partial charge in [-0.05, 0) is 54.1 Å². The van der Waals surface area contributed by atoms with Crippen molar-refractivity contribution in [2.45, 2.75) is 51.7 Å². The van der Waals surface area contributed by atoms with Crippen molar-refractivity contribution in [2.24, 2.45) is 5.92 Å². The first-order valence-electron chi connectivity index (χ1n) is 8.09. The smallest absolute Gasteiger partial charge is 0.191 e. The van der Waals surface area contributed by atoms with Crippen LogP contribution in [0.2, 0.25) is 18.1 Å². The summed E-state index contributed by atoms with van der Waals surface area (Å²) in [6, 6.07) is 5.15. The van der Waals surface area contributed by atoms with Gasteiger partial charge in [-0.25, -0.2) is 4.39 Å². The Kier molecular flexibility index (Phi) is 5.17. The molecule has 0 heterocycles. The van der Waals surface area contributed by atoms with E-state index in [1.165, 1.54) is 6.07 Å². The van der Waals surface area contributed by atoms with E-state index in [1.807, 2.05) is 12.1 Å². The van der Waals surface area contributed by atoms with E-state index in [4.69, 9.17) is 14.4 Å². The van der Waals surface area contributed by atoms with E-state index in [1.54, 1.807) is 0 Å². The molecule has 126 valence electrons. The Bertz CT molecular complexity index is 617. The van der Waals surface area contributed by atoms with Crippen LogP contribution in [0.3, 0.4) is 0 Å². The van der Waals surface area contributed by atoms with Gasteiger partial charge in [0.25, 0.3) is 0 Å². The average Bonchev–Trinajstić information content (AvgIpc) is 2.85. The molecular weight excluding hydrogens is 309 g/mol. The number of benzene rings is 1. The van der Waals surface area contributed by atoms with Crippen molar-refractivity contribution in [3.8, 4) is 11.8 Å². The van der Waals surface area contributed by atoms with E-state index < -0.39 is 8.32 Å². The minimum atomic E-state index is -1.77. The Balaban J connectivity index is 2.02. The van der Waals surface area contributed by atoms with Crippen LogP contribution in [0.5, 0.6) is 5.75 Å². The van der Waals surface area contributed by atoms with Crippen LogP contribution in [0.15, 0.2) is 12.1 Å². The molecule has 3 nitrogen and oxygen atoms in total. The number of rotatable bonds is 5. The highest BCUT2D eigenvalue weighted by Gasteiger charge is 2.38. The lowest BCUT2D eigenvalue weighted by atomic mass is 10.1. The molecule has 1 aliphatic rings. The minimum Gasteiger partial charge on any atom is -0.479 e. The molecule has 2 rings (SSSR count). The molecule has 0 radical (unpaired) electrons. The summed E-state index contributed by atoms with van der Waals surface area (Å²) in [6.07, 6.45) is 1.53. The van der Waals surface area contributed by atoms with Gasteiger partial charge in [0.1, 0.15) is 17.6 Å². The highest BCUT2D eigenvalue weighted by molar-refractivity contribution is 6.74. The third-order valence-electron chi connectivity index (χ3n) is 5.05. The van der Waals surface area contributed by atoms with Crippen molar-refractivity contribution < 1.29 is 13.6 Å². The summed E-state index contributed by atoms with van der Waals surface area (Å²) in [5, 5.41) is 8.75. The Morgan fingerprint density at radius 3 is 2.61 bits per heavy atom. The molecule has 0 aliphatic heterocycles. The molecule has 0 fully saturated rings. The highest BCUT2D eigenvalue weighted by atomic mass is 28.4. The fourth-order valence-electron chi connectivity index (χ4n) is 2.61. The van der Waals surface area contributed by atoms with E-state index in [9.17, 15) is 4.39 Å². The molecular formula is C18H26FNO2Si. The summed E-state index contributed by atoms with van der Waals surface area (Å²) in [4.78, 5) is 0. The number of hydrogen-bond donors (Lipinski definition) is 0. The second-order valence-electron chi connectivity index (χ2n) is 7.84. The number of halogens is 1. The number of hydrogen-bond acceptors (Lipinski definition) is 3. The molecule has 0 amide bonds. The minimum absolute atomic E-state index is 0.0594. The molecule has 1 aromatic carbocycles. The van der Waals surface area contributed by atoms with Gasteiger partial charge in [0.15, 0.2) is 14.9 Å². The van der Waals surface area contributed by atoms with Crippen LogP contribution < -0.4 is 4.74 Å². The van der Waals surface area contributed by atoms with Gasteiger partial charge >= 0.3 is 0 Å². The maximum Gasteiger partial charge on any atom is 0.191 e. The zero-order valence-corrected chi connectivity index (χ0v) is 15.7. The van der Waals surface area contributed by atoms with Crippen LogP contribution in [0.4, 0.5) is 4.39 Å². The molecule has 1 unspecified atom stereocenters. The van der Waals surface area contributed by atoms with Crippen LogP contribution >= 0.6 is 0 Å². The summed E-state index contributed by atoms with van der Waals surface area (Å²) < 4.78 is 25.7. The molecule has 0 bridgehead atoms. The summed E-state index contributed by atoms with van der Waals surface area (Å²) in [5.74, 6) is 0.527. The lowest BCUT2D eigenvalue weighted by Gasteiger charge is -2.37. The standard InChI is InChI=1S/C18H26FNO2Si/c1-18(2,3)23(4,5)22-12-13-8-14-10-15(21-7-6-20)11-17(19)16(14)9-13/h10-11,13H,7-9,12H2,1-5H3. The molecule has 1 aliphatic carbocycles. The zero-order valence-electron chi connectivity index (χ0n) is 14.7.